The molecule has 2 unspecified atom stereocenters. The van der Waals surface area contributed by atoms with Crippen molar-refractivity contribution in [2.24, 2.45) is 0 Å². The van der Waals surface area contributed by atoms with E-state index in [0.717, 1.165) is 36.1 Å². The summed E-state index contributed by atoms with van der Waals surface area (Å²) in [6, 6.07) is 9.52. The molecular weight excluding hydrogens is 372 g/mol. The fourth-order valence-corrected chi connectivity index (χ4v) is 5.17. The van der Waals surface area contributed by atoms with Crippen LogP contribution in [0, 0.1) is 11.3 Å². The van der Waals surface area contributed by atoms with Crippen LogP contribution in [0.5, 0.6) is 0 Å². The van der Waals surface area contributed by atoms with E-state index in [4.69, 9.17) is 10.4 Å². The van der Waals surface area contributed by atoms with E-state index >= 15 is 0 Å². The number of carbonyl (C=O) groups is 1. The topological polar surface area (TPSA) is 87.8 Å². The highest BCUT2D eigenvalue weighted by atomic mass is 32.2. The van der Waals surface area contributed by atoms with Crippen molar-refractivity contribution in [2.45, 2.75) is 51.1 Å². The number of aromatic nitrogens is 2. The van der Waals surface area contributed by atoms with Gasteiger partial charge in [-0.2, -0.15) is 10.4 Å². The first kappa shape index (κ1) is 18.9. The van der Waals surface area contributed by atoms with Crippen LogP contribution in [0.4, 0.5) is 0 Å². The number of nitriles is 1. The highest BCUT2D eigenvalue weighted by molar-refractivity contribution is 7.85. The average molecular weight is 397 g/mol. The van der Waals surface area contributed by atoms with Gasteiger partial charge in [-0.3, -0.25) is 13.7 Å². The van der Waals surface area contributed by atoms with Gasteiger partial charge in [0.05, 0.1) is 17.3 Å². The number of rotatable bonds is 5. The van der Waals surface area contributed by atoms with E-state index in [-0.39, 0.29) is 18.0 Å². The lowest BCUT2D eigenvalue weighted by Crippen LogP contribution is -2.37. The Kier molecular flexibility index (Phi) is 5.07. The van der Waals surface area contributed by atoms with Crippen LogP contribution in [0.3, 0.4) is 0 Å². The van der Waals surface area contributed by atoms with Crippen LogP contribution in [0.1, 0.15) is 66.7 Å². The molecule has 28 heavy (non-hydrogen) atoms. The zero-order chi connectivity index (χ0) is 19.8. The van der Waals surface area contributed by atoms with Gasteiger partial charge in [0.15, 0.2) is 0 Å². The van der Waals surface area contributed by atoms with Crippen molar-refractivity contribution in [2.75, 3.05) is 11.5 Å². The molecule has 0 radical (unpaired) electrons. The molecule has 6 nitrogen and oxygen atoms in total. The minimum Gasteiger partial charge on any atom is -0.347 e. The lowest BCUT2D eigenvalue weighted by molar-refractivity contribution is 0.0927. The summed E-state index contributed by atoms with van der Waals surface area (Å²) in [7, 11) is -0.833. The number of hydrogen-bond donors (Lipinski definition) is 1. The molecule has 2 heterocycles. The van der Waals surface area contributed by atoms with Crippen LogP contribution >= 0.6 is 0 Å². The van der Waals surface area contributed by atoms with Crippen molar-refractivity contribution in [3.63, 3.8) is 0 Å². The first-order valence-electron chi connectivity index (χ1n) is 9.76. The monoisotopic (exact) mass is 396 g/mol. The van der Waals surface area contributed by atoms with Crippen molar-refractivity contribution in [1.29, 1.82) is 5.26 Å². The summed E-state index contributed by atoms with van der Waals surface area (Å²) in [5.41, 5.74) is 4.01. The summed E-state index contributed by atoms with van der Waals surface area (Å²) in [4.78, 5) is 13.2. The summed E-state index contributed by atoms with van der Waals surface area (Å²) in [5, 5.41) is 17.0. The Morgan fingerprint density at radius 3 is 2.54 bits per heavy atom. The van der Waals surface area contributed by atoms with Gasteiger partial charge >= 0.3 is 0 Å². The second-order valence-corrected chi connectivity index (χ2v) is 9.50. The summed E-state index contributed by atoms with van der Waals surface area (Å²) < 4.78 is 13.5. The predicted octanol–water partition coefficient (Wildman–Crippen LogP) is 3.13. The quantitative estimate of drug-likeness (QED) is 0.841. The molecule has 146 valence electrons. The minimum atomic E-state index is -0.833. The predicted molar refractivity (Wildman–Crippen MR) is 108 cm³/mol. The molecule has 2 aliphatic rings. The van der Waals surface area contributed by atoms with Gasteiger partial charge in [0, 0.05) is 45.5 Å². The fraction of sp³-hybridized carbons (Fsp3) is 0.476. The zero-order valence-electron chi connectivity index (χ0n) is 16.1. The van der Waals surface area contributed by atoms with Crippen molar-refractivity contribution >= 4 is 16.7 Å². The van der Waals surface area contributed by atoms with Gasteiger partial charge in [-0.15, -0.1) is 0 Å². The molecule has 1 aromatic carbocycles. The van der Waals surface area contributed by atoms with E-state index in [1.54, 1.807) is 12.1 Å². The maximum atomic E-state index is 13.2. The molecule has 1 aliphatic heterocycles. The molecule has 0 bridgehead atoms. The van der Waals surface area contributed by atoms with Gasteiger partial charge < -0.3 is 5.32 Å². The molecule has 2 atom stereocenters. The van der Waals surface area contributed by atoms with Gasteiger partial charge in [-0.05, 0) is 51.2 Å². The van der Waals surface area contributed by atoms with Gasteiger partial charge in [0.1, 0.15) is 5.69 Å². The first-order valence-corrected chi connectivity index (χ1v) is 11.3. The summed E-state index contributed by atoms with van der Waals surface area (Å²) in [6.45, 7) is 4.04. The third kappa shape index (κ3) is 3.61. The van der Waals surface area contributed by atoms with Gasteiger partial charge in [0.25, 0.3) is 5.91 Å². The number of benzene rings is 1. The summed E-state index contributed by atoms with van der Waals surface area (Å²) >= 11 is 0. The van der Waals surface area contributed by atoms with E-state index < -0.39 is 10.8 Å². The van der Waals surface area contributed by atoms with E-state index in [2.05, 4.69) is 11.4 Å². The average Bonchev–Trinajstić information content (AvgIpc) is 3.31. The van der Waals surface area contributed by atoms with Crippen LogP contribution < -0.4 is 5.32 Å². The Morgan fingerprint density at radius 1 is 1.29 bits per heavy atom. The maximum absolute atomic E-state index is 13.2. The van der Waals surface area contributed by atoms with E-state index in [0.29, 0.717) is 28.7 Å². The van der Waals surface area contributed by atoms with Crippen molar-refractivity contribution < 1.29 is 9.00 Å². The fourth-order valence-electron chi connectivity index (χ4n) is 3.75. The van der Waals surface area contributed by atoms with Crippen molar-refractivity contribution in [3.05, 3.63) is 41.1 Å². The lowest BCUT2D eigenvalue weighted by atomic mass is 10.0. The zero-order valence-corrected chi connectivity index (χ0v) is 17.0. The third-order valence-corrected chi connectivity index (χ3v) is 6.81. The number of nitrogens with one attached hydrogen (secondary N) is 1. The molecule has 4 rings (SSSR count). The SMILES string of the molecule is CC(C)n1nc(-c2ccc(C#N)cc2)c(C2CC2)c1C(=O)NC1CCS(=O)C1. The maximum Gasteiger partial charge on any atom is 0.270 e. The molecule has 1 saturated carbocycles. The molecule has 1 aromatic heterocycles. The van der Waals surface area contributed by atoms with Crippen LogP contribution in [0.15, 0.2) is 24.3 Å². The van der Waals surface area contributed by atoms with Gasteiger partial charge in [-0.25, -0.2) is 0 Å². The Balaban J connectivity index is 1.76. The minimum absolute atomic E-state index is 0.0331. The van der Waals surface area contributed by atoms with Crippen LogP contribution in [0.25, 0.3) is 11.3 Å². The molecule has 0 spiro atoms. The molecule has 1 saturated heterocycles. The second kappa shape index (κ2) is 7.51. The Morgan fingerprint density at radius 2 is 2.00 bits per heavy atom. The number of carbonyl (C=O) groups excluding carboxylic acids is 1. The first-order chi connectivity index (χ1) is 13.5. The lowest BCUT2D eigenvalue weighted by Gasteiger charge is -2.15. The van der Waals surface area contributed by atoms with Gasteiger partial charge in [-0.1, -0.05) is 12.1 Å². The Hall–Kier alpha value is -2.46. The van der Waals surface area contributed by atoms with E-state index in [1.165, 1.54) is 0 Å². The highest BCUT2D eigenvalue weighted by Gasteiger charge is 2.36. The van der Waals surface area contributed by atoms with Crippen LogP contribution in [-0.4, -0.2) is 37.4 Å². The molecule has 1 aliphatic carbocycles. The van der Waals surface area contributed by atoms with E-state index in [1.807, 2.05) is 30.7 Å². The van der Waals surface area contributed by atoms with Crippen LogP contribution in [-0.2, 0) is 10.8 Å². The Bertz CT molecular complexity index is 968. The molecule has 1 N–H and O–H groups in total. The highest BCUT2D eigenvalue weighted by Crippen LogP contribution is 2.46. The van der Waals surface area contributed by atoms with Crippen molar-refractivity contribution in [3.8, 4) is 17.3 Å². The van der Waals surface area contributed by atoms with E-state index in [9.17, 15) is 9.00 Å². The molecule has 2 fully saturated rings. The second-order valence-electron chi connectivity index (χ2n) is 7.88. The standard InChI is InChI=1S/C21H24N4O2S/c1-13(2)25-20(21(26)23-17-9-10-28(27)12-17)18(15-7-8-15)19(24-25)16-5-3-14(11-22)4-6-16/h3-6,13,15,17H,7-10,12H2,1-2H3,(H,23,26). The number of hydrogen-bond acceptors (Lipinski definition) is 4. The normalized spacial score (nSPS) is 21.6. The molecule has 1 amide bonds. The van der Waals surface area contributed by atoms with Crippen molar-refractivity contribution in [1.82, 2.24) is 15.1 Å². The third-order valence-electron chi connectivity index (χ3n) is 5.34. The molecule has 2 aromatic rings. The summed E-state index contributed by atoms with van der Waals surface area (Å²) in [5.74, 6) is 1.41. The van der Waals surface area contributed by atoms with Crippen LogP contribution in [0.2, 0.25) is 0 Å². The largest absolute Gasteiger partial charge is 0.347 e. The smallest absolute Gasteiger partial charge is 0.270 e. The number of nitrogens with zero attached hydrogens (tertiary/aromatic N) is 3. The molecule has 7 heteroatoms. The number of amides is 1. The van der Waals surface area contributed by atoms with Gasteiger partial charge in [0.2, 0.25) is 0 Å². The Labute approximate surface area is 167 Å². The summed E-state index contributed by atoms with van der Waals surface area (Å²) in [6.07, 6.45) is 2.87. The molecular formula is C21H24N4O2S.